The number of carbonyl (C=O) groups is 1. The van der Waals surface area contributed by atoms with Crippen LogP contribution in [0.2, 0.25) is 0 Å². The number of aromatic nitrogens is 2. The van der Waals surface area contributed by atoms with Gasteiger partial charge in [0.1, 0.15) is 5.82 Å². The fourth-order valence-electron chi connectivity index (χ4n) is 4.86. The first-order chi connectivity index (χ1) is 16.8. The SMILES string of the molecule is Cc1ccc(S(=O)(=O)N2CCN(C(=O)CCc3nc4ccccc4c(=O)n3C3CC3)CC2)c(C)c1. The second-order valence-electron chi connectivity index (χ2n) is 9.51. The molecule has 1 aromatic heterocycles. The molecule has 0 unspecified atom stereocenters. The molecule has 2 fully saturated rings. The quantitative estimate of drug-likeness (QED) is 0.525. The molecular formula is C26H30N4O4S. The number of piperazine rings is 1. The molecule has 1 aliphatic heterocycles. The second-order valence-corrected chi connectivity index (χ2v) is 11.4. The van der Waals surface area contributed by atoms with Crippen LogP contribution in [0.5, 0.6) is 0 Å². The molecule has 8 nitrogen and oxygen atoms in total. The number of amides is 1. The van der Waals surface area contributed by atoms with Gasteiger partial charge in [0.15, 0.2) is 0 Å². The number of benzene rings is 2. The fourth-order valence-corrected chi connectivity index (χ4v) is 6.49. The number of hydrogen-bond acceptors (Lipinski definition) is 5. The normalized spacial score (nSPS) is 17.1. The van der Waals surface area contributed by atoms with Crippen molar-refractivity contribution in [2.75, 3.05) is 26.2 Å². The van der Waals surface area contributed by atoms with E-state index in [0.29, 0.717) is 41.1 Å². The highest BCUT2D eigenvalue weighted by atomic mass is 32.2. The van der Waals surface area contributed by atoms with Gasteiger partial charge in [-0.3, -0.25) is 14.2 Å². The van der Waals surface area contributed by atoms with Gasteiger partial charge in [-0.05, 0) is 50.5 Å². The van der Waals surface area contributed by atoms with Crippen molar-refractivity contribution >= 4 is 26.8 Å². The van der Waals surface area contributed by atoms with Gasteiger partial charge < -0.3 is 4.90 Å². The van der Waals surface area contributed by atoms with Crippen LogP contribution in [0.15, 0.2) is 52.2 Å². The van der Waals surface area contributed by atoms with Crippen LogP contribution in [0, 0.1) is 13.8 Å². The van der Waals surface area contributed by atoms with Crippen molar-refractivity contribution in [1.29, 1.82) is 0 Å². The summed E-state index contributed by atoms with van der Waals surface area (Å²) in [6.07, 6.45) is 2.54. The standard InChI is InChI=1S/C26H30N4O4S/c1-18-7-10-23(19(2)17-18)35(33,34)29-15-13-28(14-16-29)25(31)12-11-24-27-22-6-4-3-5-21(22)26(32)30(24)20-8-9-20/h3-7,10,17,20H,8-9,11-16H2,1-2H3. The van der Waals surface area contributed by atoms with Crippen molar-refractivity contribution in [3.05, 3.63) is 69.8 Å². The van der Waals surface area contributed by atoms with Crippen LogP contribution in [0.1, 0.15) is 42.3 Å². The minimum absolute atomic E-state index is 0.0363. The third-order valence-corrected chi connectivity index (χ3v) is 8.95. The van der Waals surface area contributed by atoms with Crippen molar-refractivity contribution in [3.8, 4) is 0 Å². The molecule has 0 atom stereocenters. The van der Waals surface area contributed by atoms with Gasteiger partial charge in [0.05, 0.1) is 15.8 Å². The summed E-state index contributed by atoms with van der Waals surface area (Å²) in [7, 11) is -3.60. The largest absolute Gasteiger partial charge is 0.340 e. The Balaban J connectivity index is 1.25. The van der Waals surface area contributed by atoms with Crippen LogP contribution in [0.3, 0.4) is 0 Å². The third-order valence-electron chi connectivity index (χ3n) is 6.89. The summed E-state index contributed by atoms with van der Waals surface area (Å²) >= 11 is 0. The van der Waals surface area contributed by atoms with E-state index >= 15 is 0 Å². The maximum absolute atomic E-state index is 13.1. The van der Waals surface area contributed by atoms with Crippen LogP contribution in [-0.2, 0) is 21.2 Å². The van der Waals surface area contributed by atoms with E-state index in [1.165, 1.54) is 4.31 Å². The Labute approximate surface area is 205 Å². The van der Waals surface area contributed by atoms with Crippen molar-refractivity contribution in [2.45, 2.75) is 50.5 Å². The number of sulfonamides is 1. The van der Waals surface area contributed by atoms with Gasteiger partial charge in [-0.25, -0.2) is 13.4 Å². The lowest BCUT2D eigenvalue weighted by atomic mass is 10.2. The Morgan fingerprint density at radius 3 is 2.43 bits per heavy atom. The van der Waals surface area contributed by atoms with Gasteiger partial charge in [-0.15, -0.1) is 0 Å². The summed E-state index contributed by atoms with van der Waals surface area (Å²) in [5.74, 6) is 0.610. The zero-order valence-corrected chi connectivity index (χ0v) is 20.9. The van der Waals surface area contributed by atoms with E-state index in [2.05, 4.69) is 0 Å². The van der Waals surface area contributed by atoms with Crippen molar-refractivity contribution in [1.82, 2.24) is 18.8 Å². The summed E-state index contributed by atoms with van der Waals surface area (Å²) in [5, 5.41) is 0.607. The molecule has 0 radical (unpaired) electrons. The predicted molar refractivity (Wildman–Crippen MR) is 134 cm³/mol. The number of carbonyl (C=O) groups excluding carboxylic acids is 1. The number of nitrogens with zero attached hydrogens (tertiary/aromatic N) is 4. The first-order valence-corrected chi connectivity index (χ1v) is 13.5. The van der Waals surface area contributed by atoms with Crippen LogP contribution < -0.4 is 5.56 Å². The lowest BCUT2D eigenvalue weighted by molar-refractivity contribution is -0.132. The minimum Gasteiger partial charge on any atom is -0.340 e. The van der Waals surface area contributed by atoms with Gasteiger partial charge >= 0.3 is 0 Å². The smallest absolute Gasteiger partial charge is 0.261 e. The van der Waals surface area contributed by atoms with Gasteiger partial charge in [0.2, 0.25) is 15.9 Å². The average molecular weight is 495 g/mol. The highest BCUT2D eigenvalue weighted by molar-refractivity contribution is 7.89. The highest BCUT2D eigenvalue weighted by Gasteiger charge is 2.32. The molecule has 1 saturated heterocycles. The van der Waals surface area contributed by atoms with E-state index in [-0.39, 0.29) is 37.0 Å². The zero-order valence-electron chi connectivity index (χ0n) is 20.1. The molecule has 1 aliphatic carbocycles. The first-order valence-electron chi connectivity index (χ1n) is 12.1. The van der Waals surface area contributed by atoms with Crippen LogP contribution in [0.25, 0.3) is 10.9 Å². The van der Waals surface area contributed by atoms with Gasteiger partial charge in [-0.1, -0.05) is 29.8 Å². The van der Waals surface area contributed by atoms with E-state index in [9.17, 15) is 18.0 Å². The Morgan fingerprint density at radius 2 is 1.74 bits per heavy atom. The predicted octanol–water partition coefficient (Wildman–Crippen LogP) is 2.81. The maximum Gasteiger partial charge on any atom is 0.261 e. The Kier molecular flexibility index (Phi) is 6.23. The van der Waals surface area contributed by atoms with Gasteiger partial charge in [0.25, 0.3) is 5.56 Å². The van der Waals surface area contributed by atoms with E-state index in [1.807, 2.05) is 44.2 Å². The van der Waals surface area contributed by atoms with Crippen molar-refractivity contribution in [3.63, 3.8) is 0 Å². The van der Waals surface area contributed by atoms with Gasteiger partial charge in [-0.2, -0.15) is 4.31 Å². The van der Waals surface area contributed by atoms with Crippen molar-refractivity contribution < 1.29 is 13.2 Å². The van der Waals surface area contributed by atoms with Crippen molar-refractivity contribution in [2.24, 2.45) is 0 Å². The number of fused-ring (bicyclic) bond motifs is 1. The Hall–Kier alpha value is -3.04. The topological polar surface area (TPSA) is 92.6 Å². The summed E-state index contributed by atoms with van der Waals surface area (Å²) < 4.78 is 29.5. The van der Waals surface area contributed by atoms with E-state index in [4.69, 9.17) is 4.98 Å². The van der Waals surface area contributed by atoms with Crippen LogP contribution >= 0.6 is 0 Å². The monoisotopic (exact) mass is 494 g/mol. The van der Waals surface area contributed by atoms with Crippen LogP contribution in [-0.4, -0.2) is 59.3 Å². The van der Waals surface area contributed by atoms with E-state index in [1.54, 1.807) is 21.6 Å². The maximum atomic E-state index is 13.1. The average Bonchev–Trinajstić information content (AvgIpc) is 3.67. The molecule has 0 spiro atoms. The third kappa shape index (κ3) is 4.62. The molecule has 1 saturated carbocycles. The highest BCUT2D eigenvalue weighted by Crippen LogP contribution is 2.35. The molecule has 5 rings (SSSR count). The number of aryl methyl sites for hydroxylation is 3. The minimum atomic E-state index is -3.60. The Morgan fingerprint density at radius 1 is 1.03 bits per heavy atom. The number of para-hydroxylation sites is 1. The molecule has 9 heteroatoms. The summed E-state index contributed by atoms with van der Waals surface area (Å²) in [6.45, 7) is 4.98. The molecule has 0 N–H and O–H groups in total. The number of rotatable bonds is 6. The zero-order chi connectivity index (χ0) is 24.7. The number of hydrogen-bond donors (Lipinski definition) is 0. The molecule has 0 bridgehead atoms. The lowest BCUT2D eigenvalue weighted by Gasteiger charge is -2.34. The first kappa shape index (κ1) is 23.7. The second kappa shape index (κ2) is 9.20. The van der Waals surface area contributed by atoms with E-state index in [0.717, 1.165) is 24.0 Å². The molecule has 2 aliphatic rings. The molecule has 35 heavy (non-hydrogen) atoms. The fraction of sp³-hybridized carbons (Fsp3) is 0.423. The lowest BCUT2D eigenvalue weighted by Crippen LogP contribution is -2.50. The van der Waals surface area contributed by atoms with E-state index < -0.39 is 10.0 Å². The molecular weight excluding hydrogens is 464 g/mol. The molecule has 184 valence electrons. The van der Waals surface area contributed by atoms with Gasteiger partial charge in [0, 0.05) is 45.1 Å². The summed E-state index contributed by atoms with van der Waals surface area (Å²) in [6, 6.07) is 12.8. The molecule has 3 aromatic rings. The summed E-state index contributed by atoms with van der Waals surface area (Å²) in [5.41, 5.74) is 2.37. The summed E-state index contributed by atoms with van der Waals surface area (Å²) in [4.78, 5) is 32.8. The molecule has 1 amide bonds. The van der Waals surface area contributed by atoms with Crippen LogP contribution in [0.4, 0.5) is 0 Å². The molecule has 2 aromatic carbocycles. The molecule has 2 heterocycles. The Bertz CT molecular complexity index is 1450.